The molecule has 158 valence electrons. The van der Waals surface area contributed by atoms with Crippen molar-refractivity contribution in [2.45, 2.75) is 58.5 Å². The minimum absolute atomic E-state index is 0.0589. The van der Waals surface area contributed by atoms with Crippen LogP contribution in [0, 0.1) is 20.8 Å². The minimum atomic E-state index is -3.81. The summed E-state index contributed by atoms with van der Waals surface area (Å²) in [6.07, 6.45) is 0. The first kappa shape index (κ1) is 22.9. The van der Waals surface area contributed by atoms with E-state index in [2.05, 4.69) is 29.1 Å². The smallest absolute Gasteiger partial charge is 0.251 e. The van der Waals surface area contributed by atoms with E-state index in [0.717, 1.165) is 16.7 Å². The lowest BCUT2D eigenvalue weighted by molar-refractivity contribution is 0.0939. The highest BCUT2D eigenvalue weighted by atomic mass is 32.2. The third kappa shape index (κ3) is 5.36. The third-order valence-corrected chi connectivity index (χ3v) is 6.48. The third-order valence-electron chi connectivity index (χ3n) is 4.80. The van der Waals surface area contributed by atoms with Crippen molar-refractivity contribution in [1.82, 2.24) is 10.0 Å². The van der Waals surface area contributed by atoms with E-state index in [0.29, 0.717) is 0 Å². The molecule has 7 heteroatoms. The van der Waals surface area contributed by atoms with Crippen LogP contribution in [0.2, 0.25) is 0 Å². The Morgan fingerprint density at radius 1 is 0.966 bits per heavy atom. The van der Waals surface area contributed by atoms with E-state index in [4.69, 9.17) is 4.74 Å². The molecular formula is C22H30N2O4S. The topological polar surface area (TPSA) is 84.5 Å². The van der Waals surface area contributed by atoms with Gasteiger partial charge >= 0.3 is 0 Å². The lowest BCUT2D eigenvalue weighted by atomic mass is 9.96. The molecule has 0 saturated heterocycles. The fourth-order valence-electron chi connectivity index (χ4n) is 3.21. The van der Waals surface area contributed by atoms with Crippen LogP contribution in [0.15, 0.2) is 35.2 Å². The number of ether oxygens (including phenoxy) is 1. The summed E-state index contributed by atoms with van der Waals surface area (Å²) in [4.78, 5) is 12.8. The number of amides is 1. The second-order valence-corrected chi connectivity index (χ2v) is 9.31. The molecule has 2 aromatic rings. The summed E-state index contributed by atoms with van der Waals surface area (Å²) >= 11 is 0. The van der Waals surface area contributed by atoms with Gasteiger partial charge in [-0.2, -0.15) is 0 Å². The van der Waals surface area contributed by atoms with Gasteiger partial charge in [0.2, 0.25) is 10.0 Å². The summed E-state index contributed by atoms with van der Waals surface area (Å²) < 4.78 is 33.0. The number of rotatable bonds is 7. The van der Waals surface area contributed by atoms with Crippen molar-refractivity contribution < 1.29 is 17.9 Å². The van der Waals surface area contributed by atoms with Gasteiger partial charge in [0.15, 0.2) is 0 Å². The largest absolute Gasteiger partial charge is 0.495 e. The summed E-state index contributed by atoms with van der Waals surface area (Å²) in [5.41, 5.74) is 4.74. The van der Waals surface area contributed by atoms with E-state index in [9.17, 15) is 13.2 Å². The van der Waals surface area contributed by atoms with Crippen molar-refractivity contribution in [2.75, 3.05) is 7.11 Å². The summed E-state index contributed by atoms with van der Waals surface area (Å²) in [5.74, 6) is -0.161. The standard InChI is InChI=1S/C22H30N2O4S/c1-13(2)24-29(26,27)21-12-18(8-9-20(21)28-7)22(25)23-17(6)19-11-15(4)14(3)10-16(19)5/h8-13,17,24H,1-7H3,(H,23,25). The van der Waals surface area contributed by atoms with Gasteiger partial charge < -0.3 is 10.1 Å². The number of carbonyl (C=O) groups is 1. The normalized spacial score (nSPS) is 12.7. The van der Waals surface area contributed by atoms with Crippen LogP contribution in [0.1, 0.15) is 59.4 Å². The predicted molar refractivity (Wildman–Crippen MR) is 115 cm³/mol. The molecular weight excluding hydrogens is 388 g/mol. The Balaban J connectivity index is 2.34. The van der Waals surface area contributed by atoms with Crippen molar-refractivity contribution in [3.05, 3.63) is 58.1 Å². The predicted octanol–water partition coefficient (Wildman–Crippen LogP) is 3.80. The highest BCUT2D eigenvalue weighted by molar-refractivity contribution is 7.89. The Kier molecular flexibility index (Phi) is 7.08. The molecule has 0 saturated carbocycles. The van der Waals surface area contributed by atoms with E-state index in [1.54, 1.807) is 19.9 Å². The average molecular weight is 419 g/mol. The van der Waals surface area contributed by atoms with Gasteiger partial charge in [0.05, 0.1) is 13.2 Å². The van der Waals surface area contributed by atoms with Gasteiger partial charge in [-0.15, -0.1) is 0 Å². The van der Waals surface area contributed by atoms with E-state index >= 15 is 0 Å². The molecule has 2 N–H and O–H groups in total. The number of hydrogen-bond donors (Lipinski definition) is 2. The van der Waals surface area contributed by atoms with Gasteiger partial charge in [-0.1, -0.05) is 12.1 Å². The summed E-state index contributed by atoms with van der Waals surface area (Å²) in [7, 11) is -2.41. The Hall–Kier alpha value is -2.38. The van der Waals surface area contributed by atoms with Crippen LogP contribution in [-0.2, 0) is 10.0 Å². The fourth-order valence-corrected chi connectivity index (χ4v) is 4.65. The quantitative estimate of drug-likeness (QED) is 0.716. The Morgan fingerprint density at radius 2 is 1.59 bits per heavy atom. The van der Waals surface area contributed by atoms with Crippen molar-refractivity contribution in [1.29, 1.82) is 0 Å². The average Bonchev–Trinajstić information content (AvgIpc) is 2.62. The summed E-state index contributed by atoms with van der Waals surface area (Å²) in [6, 6.07) is 8.07. The summed E-state index contributed by atoms with van der Waals surface area (Å²) in [5, 5.41) is 2.96. The molecule has 0 aliphatic carbocycles. The highest BCUT2D eigenvalue weighted by Crippen LogP contribution is 2.26. The Morgan fingerprint density at radius 3 is 2.17 bits per heavy atom. The molecule has 2 aromatic carbocycles. The number of methoxy groups -OCH3 is 1. The molecule has 0 aromatic heterocycles. The summed E-state index contributed by atoms with van der Waals surface area (Å²) in [6.45, 7) is 11.5. The maximum atomic E-state index is 12.8. The number of benzene rings is 2. The molecule has 29 heavy (non-hydrogen) atoms. The number of aryl methyl sites for hydroxylation is 3. The molecule has 0 aliphatic heterocycles. The fraction of sp³-hybridized carbons (Fsp3) is 0.409. The molecule has 0 fully saturated rings. The van der Waals surface area contributed by atoms with Gasteiger partial charge in [0, 0.05) is 11.6 Å². The first-order valence-electron chi connectivity index (χ1n) is 9.55. The number of sulfonamides is 1. The van der Waals surface area contributed by atoms with Crippen molar-refractivity contribution in [3.8, 4) is 5.75 Å². The van der Waals surface area contributed by atoms with E-state index in [1.165, 1.54) is 24.8 Å². The minimum Gasteiger partial charge on any atom is -0.495 e. The van der Waals surface area contributed by atoms with Crippen LogP contribution in [-0.4, -0.2) is 27.5 Å². The van der Waals surface area contributed by atoms with Gasteiger partial charge in [-0.3, -0.25) is 4.79 Å². The maximum Gasteiger partial charge on any atom is 0.251 e. The zero-order valence-corrected chi connectivity index (χ0v) is 18.9. The number of hydrogen-bond acceptors (Lipinski definition) is 4. The molecule has 0 bridgehead atoms. The van der Waals surface area contributed by atoms with Crippen LogP contribution >= 0.6 is 0 Å². The van der Waals surface area contributed by atoms with E-state index in [-0.39, 0.29) is 34.2 Å². The van der Waals surface area contributed by atoms with Gasteiger partial charge in [0.25, 0.3) is 5.91 Å². The Labute approximate surface area is 173 Å². The van der Waals surface area contributed by atoms with Crippen LogP contribution < -0.4 is 14.8 Å². The highest BCUT2D eigenvalue weighted by Gasteiger charge is 2.23. The molecule has 0 aliphatic rings. The number of carbonyl (C=O) groups excluding carboxylic acids is 1. The molecule has 1 amide bonds. The molecule has 1 unspecified atom stereocenters. The Bertz CT molecular complexity index is 1010. The first-order chi connectivity index (χ1) is 13.5. The van der Waals surface area contributed by atoms with Crippen molar-refractivity contribution >= 4 is 15.9 Å². The molecule has 0 spiro atoms. The van der Waals surface area contributed by atoms with Gasteiger partial charge in [0.1, 0.15) is 10.6 Å². The maximum absolute atomic E-state index is 12.8. The van der Waals surface area contributed by atoms with Gasteiger partial charge in [-0.05, 0) is 82.0 Å². The van der Waals surface area contributed by atoms with Crippen LogP contribution in [0.25, 0.3) is 0 Å². The lowest BCUT2D eigenvalue weighted by Crippen LogP contribution is -2.31. The second kappa shape index (κ2) is 8.97. The van der Waals surface area contributed by atoms with E-state index < -0.39 is 10.0 Å². The van der Waals surface area contributed by atoms with Crippen LogP contribution in [0.4, 0.5) is 0 Å². The van der Waals surface area contributed by atoms with Crippen molar-refractivity contribution in [3.63, 3.8) is 0 Å². The SMILES string of the molecule is COc1ccc(C(=O)NC(C)c2cc(C)c(C)cc2C)cc1S(=O)(=O)NC(C)C. The lowest BCUT2D eigenvalue weighted by Gasteiger charge is -2.19. The first-order valence-corrected chi connectivity index (χ1v) is 11.0. The van der Waals surface area contributed by atoms with Crippen molar-refractivity contribution in [2.24, 2.45) is 0 Å². The molecule has 1 atom stereocenters. The van der Waals surface area contributed by atoms with E-state index in [1.807, 2.05) is 20.8 Å². The molecule has 2 rings (SSSR count). The van der Waals surface area contributed by atoms with Crippen LogP contribution in [0.5, 0.6) is 5.75 Å². The molecule has 0 radical (unpaired) electrons. The van der Waals surface area contributed by atoms with Gasteiger partial charge in [-0.25, -0.2) is 13.1 Å². The molecule has 6 nitrogen and oxygen atoms in total. The number of nitrogens with one attached hydrogen (secondary N) is 2. The monoisotopic (exact) mass is 418 g/mol. The zero-order valence-electron chi connectivity index (χ0n) is 18.1. The second-order valence-electron chi connectivity index (χ2n) is 7.63. The molecule has 0 heterocycles. The van der Waals surface area contributed by atoms with Crippen LogP contribution in [0.3, 0.4) is 0 Å². The zero-order chi connectivity index (χ0) is 21.9.